The van der Waals surface area contributed by atoms with Gasteiger partial charge in [-0.05, 0) is 50.1 Å². The van der Waals surface area contributed by atoms with Gasteiger partial charge in [0.15, 0.2) is 0 Å². The number of anilines is 4. The van der Waals surface area contributed by atoms with Crippen molar-refractivity contribution < 1.29 is 28.6 Å². The zero-order chi connectivity index (χ0) is 27.1. The maximum atomic E-state index is 15.0. The lowest BCUT2D eigenvalue weighted by Crippen LogP contribution is -2.45. The molecule has 0 radical (unpaired) electrons. The Morgan fingerprint density at radius 1 is 1.12 bits per heavy atom. The Labute approximate surface area is 253 Å². The highest BCUT2D eigenvalue weighted by Gasteiger charge is 2.41. The Bertz CT molecular complexity index is 1340. The number of halogens is 3. The quantitative estimate of drug-likeness (QED) is 0.359. The summed E-state index contributed by atoms with van der Waals surface area (Å²) in [7, 11) is 0. The molecule has 1 fully saturated rings. The molecule has 5 heterocycles. The van der Waals surface area contributed by atoms with Crippen molar-refractivity contribution in [1.29, 1.82) is 0 Å². The molecule has 1 aromatic heterocycles. The van der Waals surface area contributed by atoms with E-state index in [2.05, 4.69) is 15.6 Å². The molecule has 1 aromatic carbocycles. The van der Waals surface area contributed by atoms with Gasteiger partial charge in [0.2, 0.25) is 11.8 Å². The summed E-state index contributed by atoms with van der Waals surface area (Å²) in [5.74, 6) is 0.670. The summed E-state index contributed by atoms with van der Waals surface area (Å²) >= 11 is 1.41. The van der Waals surface area contributed by atoms with Gasteiger partial charge in [-0.2, -0.15) is 0 Å². The Kier molecular flexibility index (Phi) is 9.85. The van der Waals surface area contributed by atoms with E-state index in [-0.39, 0.29) is 67.7 Å². The molecule has 3 N–H and O–H groups in total. The molecule has 2 aromatic rings. The average Bonchev–Trinajstić information content (AvgIpc) is 3.50. The second kappa shape index (κ2) is 13.0. The average molecular weight is 630 g/mol. The van der Waals surface area contributed by atoms with Crippen molar-refractivity contribution in [1.82, 2.24) is 10.3 Å². The van der Waals surface area contributed by atoms with Gasteiger partial charge < -0.3 is 30.3 Å². The van der Waals surface area contributed by atoms with Crippen LogP contribution in [0.4, 0.5) is 32.2 Å². The van der Waals surface area contributed by atoms with Gasteiger partial charge >= 0.3 is 6.09 Å². The van der Waals surface area contributed by atoms with E-state index in [9.17, 15) is 23.9 Å². The number of thioether (sulfide) groups is 1. The van der Waals surface area contributed by atoms with E-state index in [0.717, 1.165) is 10.6 Å². The Balaban J connectivity index is 0.00000194. The molecule has 11 nitrogen and oxygen atoms in total. The predicted molar refractivity (Wildman–Crippen MR) is 158 cm³/mol. The first kappa shape index (κ1) is 31.1. The third-order valence-electron chi connectivity index (χ3n) is 7.38. The fraction of sp³-hybridized carbons (Fsp3) is 0.462. The zero-order valence-electron chi connectivity index (χ0n) is 22.0. The SMILES string of the molecule is Cl.Cl.O=C1CSc2ccc(N3C[C@@H](CCCNC4CN5C(=O)CN(CCCO)c6ccc(F)c4c65)OC3=O)nc2N1. The van der Waals surface area contributed by atoms with E-state index in [1.165, 1.54) is 22.7 Å². The molecule has 0 bridgehead atoms. The molecule has 222 valence electrons. The van der Waals surface area contributed by atoms with Crippen molar-refractivity contribution in [2.45, 2.75) is 36.3 Å². The highest BCUT2D eigenvalue weighted by atomic mass is 35.5. The van der Waals surface area contributed by atoms with Crippen molar-refractivity contribution in [2.24, 2.45) is 0 Å². The van der Waals surface area contributed by atoms with Crippen LogP contribution in [0.25, 0.3) is 0 Å². The fourth-order valence-corrected chi connectivity index (χ4v) is 6.32. The number of nitrogens with zero attached hydrogens (tertiary/aromatic N) is 4. The van der Waals surface area contributed by atoms with E-state index >= 15 is 0 Å². The Hall–Kier alpha value is -2.84. The van der Waals surface area contributed by atoms with Crippen molar-refractivity contribution >= 4 is 77.5 Å². The number of hydrogen-bond donors (Lipinski definition) is 3. The van der Waals surface area contributed by atoms with Gasteiger partial charge in [-0.3, -0.25) is 14.5 Å². The molecule has 1 saturated heterocycles. The van der Waals surface area contributed by atoms with E-state index in [1.807, 2.05) is 11.0 Å². The lowest BCUT2D eigenvalue weighted by molar-refractivity contribution is -0.117. The van der Waals surface area contributed by atoms with Crippen LogP contribution in [0.2, 0.25) is 0 Å². The van der Waals surface area contributed by atoms with E-state index < -0.39 is 6.09 Å². The summed E-state index contributed by atoms with van der Waals surface area (Å²) < 4.78 is 20.5. The van der Waals surface area contributed by atoms with Crippen LogP contribution >= 0.6 is 36.6 Å². The number of benzene rings is 1. The zero-order valence-corrected chi connectivity index (χ0v) is 24.5. The number of carbonyl (C=O) groups is 3. The van der Waals surface area contributed by atoms with Crippen LogP contribution in [0, 0.1) is 5.82 Å². The predicted octanol–water partition coefficient (Wildman–Crippen LogP) is 3.09. The molecule has 2 atom stereocenters. The molecule has 4 aliphatic rings. The molecule has 1 unspecified atom stereocenters. The number of aliphatic hydroxyl groups is 1. The van der Waals surface area contributed by atoms with Crippen LogP contribution in [0.1, 0.15) is 30.9 Å². The van der Waals surface area contributed by atoms with Gasteiger partial charge in [-0.1, -0.05) is 0 Å². The molecule has 3 amide bonds. The molecule has 0 aliphatic carbocycles. The van der Waals surface area contributed by atoms with Gasteiger partial charge in [0, 0.05) is 25.3 Å². The number of fused-ring (bicyclic) bond motifs is 1. The molecular weight excluding hydrogens is 598 g/mol. The smallest absolute Gasteiger partial charge is 0.415 e. The number of amides is 3. The number of nitrogens with one attached hydrogen (secondary N) is 2. The fourth-order valence-electron chi connectivity index (χ4n) is 5.56. The number of pyridine rings is 1. The topological polar surface area (TPSA) is 127 Å². The monoisotopic (exact) mass is 628 g/mol. The van der Waals surface area contributed by atoms with Crippen molar-refractivity contribution in [2.75, 3.05) is 65.1 Å². The third kappa shape index (κ3) is 6.05. The lowest BCUT2D eigenvalue weighted by atomic mass is 10.0. The van der Waals surface area contributed by atoms with Crippen LogP contribution in [-0.2, 0) is 14.3 Å². The minimum absolute atomic E-state index is 0. The number of aromatic nitrogens is 1. The third-order valence-corrected chi connectivity index (χ3v) is 8.43. The number of hydrogen-bond acceptors (Lipinski definition) is 9. The molecule has 0 spiro atoms. The molecule has 15 heteroatoms. The standard InChI is InChI=1S/C26H29FN6O5S.2ClH/c27-16-4-5-18-24-23(16)17(12-33(24)22(36)13-31(18)9-2-10-34)28-8-1-3-15-11-32(26(37)38-15)20-7-6-19-25(29-20)30-21(35)14-39-19;;/h4-7,15,17,28,34H,1-3,8-14H2,(H,29,30,35);2*1H/t15-,17?;;/m1../s1. The number of cyclic esters (lactones) is 1. The first-order valence-corrected chi connectivity index (χ1v) is 14.1. The van der Waals surface area contributed by atoms with Gasteiger partial charge in [0.25, 0.3) is 0 Å². The summed E-state index contributed by atoms with van der Waals surface area (Å²) in [6, 6.07) is 6.40. The maximum absolute atomic E-state index is 15.0. The summed E-state index contributed by atoms with van der Waals surface area (Å²) in [6.07, 6.45) is 1.02. The molecular formula is C26H31Cl2FN6O5S. The summed E-state index contributed by atoms with van der Waals surface area (Å²) in [4.78, 5) is 47.4. The van der Waals surface area contributed by atoms with E-state index in [4.69, 9.17) is 4.74 Å². The van der Waals surface area contributed by atoms with Crippen molar-refractivity contribution in [3.8, 4) is 0 Å². The van der Waals surface area contributed by atoms with Crippen LogP contribution in [0.3, 0.4) is 0 Å². The number of rotatable bonds is 9. The minimum atomic E-state index is -0.479. The van der Waals surface area contributed by atoms with Crippen LogP contribution < -0.4 is 25.3 Å². The highest BCUT2D eigenvalue weighted by molar-refractivity contribution is 8.00. The minimum Gasteiger partial charge on any atom is -0.444 e. The molecule has 4 aliphatic heterocycles. The van der Waals surface area contributed by atoms with Gasteiger partial charge in [-0.15, -0.1) is 36.6 Å². The van der Waals surface area contributed by atoms with E-state index in [1.54, 1.807) is 17.0 Å². The summed E-state index contributed by atoms with van der Waals surface area (Å²) in [6.45, 7) is 2.02. The normalized spacial score (nSPS) is 20.6. The van der Waals surface area contributed by atoms with Gasteiger partial charge in [0.1, 0.15) is 23.6 Å². The molecule has 41 heavy (non-hydrogen) atoms. The van der Waals surface area contributed by atoms with Crippen LogP contribution in [0.5, 0.6) is 0 Å². The first-order valence-electron chi connectivity index (χ1n) is 13.1. The van der Waals surface area contributed by atoms with Gasteiger partial charge in [0.05, 0.1) is 41.2 Å². The number of ether oxygens (including phenoxy) is 1. The Morgan fingerprint density at radius 3 is 2.76 bits per heavy atom. The summed E-state index contributed by atoms with van der Waals surface area (Å²) in [5, 5.41) is 15.3. The van der Waals surface area contributed by atoms with Crippen LogP contribution in [0.15, 0.2) is 29.2 Å². The number of carbonyl (C=O) groups excluding carboxylic acids is 3. The maximum Gasteiger partial charge on any atom is 0.415 e. The Morgan fingerprint density at radius 2 is 1.95 bits per heavy atom. The van der Waals surface area contributed by atoms with E-state index in [0.29, 0.717) is 74.1 Å². The second-order valence-electron chi connectivity index (χ2n) is 9.95. The van der Waals surface area contributed by atoms with Crippen molar-refractivity contribution in [3.63, 3.8) is 0 Å². The highest BCUT2D eigenvalue weighted by Crippen LogP contribution is 2.46. The summed E-state index contributed by atoms with van der Waals surface area (Å²) in [5.41, 5.74) is 1.93. The largest absolute Gasteiger partial charge is 0.444 e. The molecule has 0 saturated carbocycles. The van der Waals surface area contributed by atoms with Crippen LogP contribution in [-0.4, -0.2) is 79.2 Å². The van der Waals surface area contributed by atoms with Gasteiger partial charge in [-0.25, -0.2) is 14.2 Å². The number of aliphatic hydroxyl groups excluding tert-OH is 1. The van der Waals surface area contributed by atoms with Crippen molar-refractivity contribution in [3.05, 3.63) is 35.6 Å². The lowest BCUT2D eigenvalue weighted by Gasteiger charge is -2.35. The second-order valence-corrected chi connectivity index (χ2v) is 11.0. The molecule has 6 rings (SSSR count). The first-order chi connectivity index (χ1) is 18.9.